The Morgan fingerprint density at radius 3 is 2.48 bits per heavy atom. The molecule has 0 radical (unpaired) electrons. The van der Waals surface area contributed by atoms with E-state index in [4.69, 9.17) is 16.3 Å². The molecule has 2 heterocycles. The Bertz CT molecular complexity index is 1120. The molecule has 0 atom stereocenters. The lowest BCUT2D eigenvalue weighted by atomic mass is 10.1. The molecule has 1 aliphatic rings. The van der Waals surface area contributed by atoms with Gasteiger partial charge in [0.25, 0.3) is 11.8 Å². The van der Waals surface area contributed by atoms with Crippen LogP contribution in [-0.4, -0.2) is 51.9 Å². The SMILES string of the molecule is COc1ccc(-n2nnc(C(=O)Nc3ccc(Cl)cc3C(=O)N3CCCC3)c2C)cc1. The van der Waals surface area contributed by atoms with E-state index in [1.54, 1.807) is 53.9 Å². The quantitative estimate of drug-likeness (QED) is 0.654. The Labute approximate surface area is 184 Å². The number of hydrogen-bond donors (Lipinski definition) is 1. The second-order valence-electron chi connectivity index (χ2n) is 7.28. The molecule has 1 fully saturated rings. The molecule has 0 aliphatic carbocycles. The lowest BCUT2D eigenvalue weighted by molar-refractivity contribution is 0.0794. The molecule has 0 bridgehead atoms. The largest absolute Gasteiger partial charge is 0.497 e. The summed E-state index contributed by atoms with van der Waals surface area (Å²) in [6, 6.07) is 12.1. The number of nitrogens with one attached hydrogen (secondary N) is 1. The van der Waals surface area contributed by atoms with E-state index in [1.807, 2.05) is 12.1 Å². The van der Waals surface area contributed by atoms with Gasteiger partial charge in [0, 0.05) is 18.1 Å². The van der Waals surface area contributed by atoms with Gasteiger partial charge in [-0.25, -0.2) is 4.68 Å². The molecule has 0 spiro atoms. The highest BCUT2D eigenvalue weighted by molar-refractivity contribution is 6.31. The Morgan fingerprint density at radius 1 is 1.10 bits per heavy atom. The molecule has 1 saturated heterocycles. The number of amides is 2. The number of nitrogens with zero attached hydrogens (tertiary/aromatic N) is 4. The average Bonchev–Trinajstić information content (AvgIpc) is 3.44. The molecule has 160 valence electrons. The maximum Gasteiger partial charge on any atom is 0.278 e. The standard InChI is InChI=1S/C22H22ClN5O3/c1-14-20(25-26-28(14)16-6-8-17(31-2)9-7-16)21(29)24-19-10-5-15(23)13-18(19)22(30)27-11-3-4-12-27/h5-10,13H,3-4,11-12H2,1-2H3,(H,24,29). The third-order valence-electron chi connectivity index (χ3n) is 5.28. The van der Waals surface area contributed by atoms with Gasteiger partial charge in [0.1, 0.15) is 5.75 Å². The van der Waals surface area contributed by atoms with Gasteiger partial charge < -0.3 is 15.0 Å². The summed E-state index contributed by atoms with van der Waals surface area (Å²) >= 11 is 6.12. The topological polar surface area (TPSA) is 89.3 Å². The number of aromatic nitrogens is 3. The zero-order chi connectivity index (χ0) is 22.0. The van der Waals surface area contributed by atoms with Crippen molar-refractivity contribution in [1.82, 2.24) is 19.9 Å². The fraction of sp³-hybridized carbons (Fsp3) is 0.273. The minimum Gasteiger partial charge on any atom is -0.497 e. The van der Waals surface area contributed by atoms with Crippen molar-refractivity contribution in [2.75, 3.05) is 25.5 Å². The van der Waals surface area contributed by atoms with E-state index in [0.29, 0.717) is 35.1 Å². The van der Waals surface area contributed by atoms with E-state index < -0.39 is 5.91 Å². The van der Waals surface area contributed by atoms with Gasteiger partial charge >= 0.3 is 0 Å². The summed E-state index contributed by atoms with van der Waals surface area (Å²) in [5.74, 6) is 0.126. The number of halogens is 1. The normalized spacial score (nSPS) is 13.3. The van der Waals surface area contributed by atoms with Crippen molar-refractivity contribution < 1.29 is 14.3 Å². The van der Waals surface area contributed by atoms with Crippen LogP contribution in [0.25, 0.3) is 5.69 Å². The molecule has 4 rings (SSSR count). The summed E-state index contributed by atoms with van der Waals surface area (Å²) in [6.45, 7) is 3.17. The van der Waals surface area contributed by atoms with Crippen LogP contribution in [0.4, 0.5) is 5.69 Å². The predicted octanol–water partition coefficient (Wildman–Crippen LogP) is 3.73. The molecule has 0 unspecified atom stereocenters. The van der Waals surface area contributed by atoms with E-state index in [2.05, 4.69) is 15.6 Å². The summed E-state index contributed by atoms with van der Waals surface area (Å²) in [5.41, 5.74) is 2.25. The van der Waals surface area contributed by atoms with Crippen molar-refractivity contribution in [2.45, 2.75) is 19.8 Å². The van der Waals surface area contributed by atoms with Gasteiger partial charge in [-0.3, -0.25) is 9.59 Å². The van der Waals surface area contributed by atoms with Gasteiger partial charge in [-0.2, -0.15) is 0 Å². The lowest BCUT2D eigenvalue weighted by Gasteiger charge is -2.18. The molecular formula is C22H22ClN5O3. The van der Waals surface area contributed by atoms with Crippen LogP contribution in [0.5, 0.6) is 5.75 Å². The zero-order valence-corrected chi connectivity index (χ0v) is 18.0. The molecule has 2 amide bonds. The summed E-state index contributed by atoms with van der Waals surface area (Å²) in [5, 5.41) is 11.4. The van der Waals surface area contributed by atoms with Crippen molar-refractivity contribution in [1.29, 1.82) is 0 Å². The van der Waals surface area contributed by atoms with Crippen molar-refractivity contribution in [3.8, 4) is 11.4 Å². The van der Waals surface area contributed by atoms with Crippen molar-refractivity contribution in [2.24, 2.45) is 0 Å². The maximum atomic E-state index is 13.0. The molecule has 9 heteroatoms. The van der Waals surface area contributed by atoms with Crippen LogP contribution in [0, 0.1) is 6.92 Å². The molecule has 2 aromatic carbocycles. The second-order valence-corrected chi connectivity index (χ2v) is 7.71. The Hall–Kier alpha value is -3.39. The molecule has 1 aliphatic heterocycles. The minimum absolute atomic E-state index is 0.145. The Kier molecular flexibility index (Phi) is 5.90. The number of hydrogen-bond acceptors (Lipinski definition) is 5. The number of likely N-dealkylation sites (tertiary alicyclic amines) is 1. The summed E-state index contributed by atoms with van der Waals surface area (Å²) < 4.78 is 6.75. The van der Waals surface area contributed by atoms with Gasteiger partial charge in [0.05, 0.1) is 29.7 Å². The van der Waals surface area contributed by atoms with Crippen molar-refractivity contribution in [3.05, 3.63) is 64.4 Å². The smallest absolute Gasteiger partial charge is 0.278 e. The first kappa shape index (κ1) is 20.9. The van der Waals surface area contributed by atoms with Crippen LogP contribution >= 0.6 is 11.6 Å². The van der Waals surface area contributed by atoms with Gasteiger partial charge in [0.2, 0.25) is 0 Å². The van der Waals surface area contributed by atoms with E-state index in [9.17, 15) is 9.59 Å². The van der Waals surface area contributed by atoms with E-state index >= 15 is 0 Å². The highest BCUT2D eigenvalue weighted by atomic mass is 35.5. The number of carbonyl (C=O) groups is 2. The summed E-state index contributed by atoms with van der Waals surface area (Å²) in [6.07, 6.45) is 1.95. The highest BCUT2D eigenvalue weighted by Gasteiger charge is 2.24. The lowest BCUT2D eigenvalue weighted by Crippen LogP contribution is -2.29. The van der Waals surface area contributed by atoms with Gasteiger partial charge in [-0.1, -0.05) is 16.8 Å². The zero-order valence-electron chi connectivity index (χ0n) is 17.3. The first-order chi connectivity index (χ1) is 15.0. The molecule has 1 N–H and O–H groups in total. The fourth-order valence-corrected chi connectivity index (χ4v) is 3.75. The third kappa shape index (κ3) is 4.25. The number of benzene rings is 2. The predicted molar refractivity (Wildman–Crippen MR) is 117 cm³/mol. The first-order valence-corrected chi connectivity index (χ1v) is 10.3. The Morgan fingerprint density at radius 2 is 1.81 bits per heavy atom. The van der Waals surface area contributed by atoms with Crippen LogP contribution < -0.4 is 10.1 Å². The van der Waals surface area contributed by atoms with E-state index in [-0.39, 0.29) is 11.6 Å². The number of methoxy groups -OCH3 is 1. The second kappa shape index (κ2) is 8.77. The minimum atomic E-state index is -0.449. The fourth-order valence-electron chi connectivity index (χ4n) is 3.58. The molecule has 31 heavy (non-hydrogen) atoms. The van der Waals surface area contributed by atoms with Crippen molar-refractivity contribution >= 4 is 29.1 Å². The van der Waals surface area contributed by atoms with Crippen LogP contribution in [0.3, 0.4) is 0 Å². The van der Waals surface area contributed by atoms with Crippen LogP contribution in [0.2, 0.25) is 5.02 Å². The average molecular weight is 440 g/mol. The van der Waals surface area contributed by atoms with Crippen LogP contribution in [-0.2, 0) is 0 Å². The van der Waals surface area contributed by atoms with E-state index in [1.165, 1.54) is 0 Å². The number of carbonyl (C=O) groups excluding carboxylic acids is 2. The highest BCUT2D eigenvalue weighted by Crippen LogP contribution is 2.25. The van der Waals surface area contributed by atoms with Gasteiger partial charge in [-0.15, -0.1) is 5.10 Å². The number of rotatable bonds is 5. The Balaban J connectivity index is 1.59. The van der Waals surface area contributed by atoms with Gasteiger partial charge in [0.15, 0.2) is 5.69 Å². The van der Waals surface area contributed by atoms with E-state index in [0.717, 1.165) is 24.3 Å². The molecule has 3 aromatic rings. The number of anilines is 1. The first-order valence-electron chi connectivity index (χ1n) is 9.95. The molecule has 1 aromatic heterocycles. The maximum absolute atomic E-state index is 13.0. The van der Waals surface area contributed by atoms with Crippen LogP contribution in [0.1, 0.15) is 39.4 Å². The summed E-state index contributed by atoms with van der Waals surface area (Å²) in [4.78, 5) is 27.6. The molecule has 8 nitrogen and oxygen atoms in total. The van der Waals surface area contributed by atoms with Gasteiger partial charge in [-0.05, 0) is 62.2 Å². The summed E-state index contributed by atoms with van der Waals surface area (Å²) in [7, 11) is 1.59. The number of ether oxygens (including phenoxy) is 1. The molecular weight excluding hydrogens is 418 g/mol. The van der Waals surface area contributed by atoms with Crippen molar-refractivity contribution in [3.63, 3.8) is 0 Å². The van der Waals surface area contributed by atoms with Crippen LogP contribution in [0.15, 0.2) is 42.5 Å². The third-order valence-corrected chi connectivity index (χ3v) is 5.52. The molecule has 0 saturated carbocycles. The monoisotopic (exact) mass is 439 g/mol.